The van der Waals surface area contributed by atoms with Gasteiger partial charge in [0.1, 0.15) is 5.82 Å². The average Bonchev–Trinajstić information content (AvgIpc) is 2.34. The van der Waals surface area contributed by atoms with Crippen molar-refractivity contribution < 1.29 is 13.9 Å². The van der Waals surface area contributed by atoms with Crippen LogP contribution in [0.25, 0.3) is 0 Å². The van der Waals surface area contributed by atoms with E-state index < -0.39 is 11.8 Å². The lowest BCUT2D eigenvalue weighted by atomic mass is 10.1. The van der Waals surface area contributed by atoms with Gasteiger partial charge in [0.15, 0.2) is 0 Å². The van der Waals surface area contributed by atoms with Crippen LogP contribution in [-0.2, 0) is 11.3 Å². The van der Waals surface area contributed by atoms with Crippen molar-refractivity contribution in [3.63, 3.8) is 0 Å². The first kappa shape index (κ1) is 14.0. The van der Waals surface area contributed by atoms with Crippen molar-refractivity contribution in [2.45, 2.75) is 6.54 Å². The summed E-state index contributed by atoms with van der Waals surface area (Å²) in [5.41, 5.74) is 0.789. The van der Waals surface area contributed by atoms with E-state index in [4.69, 9.17) is 0 Å². The number of benzene rings is 1. The Balaban J connectivity index is 2.59. The number of hydrogen-bond acceptors (Lipinski definition) is 4. The fourth-order valence-electron chi connectivity index (χ4n) is 1.35. The third-order valence-corrected chi connectivity index (χ3v) is 2.86. The highest BCUT2D eigenvalue weighted by atomic mass is 32.2. The van der Waals surface area contributed by atoms with Gasteiger partial charge in [0.25, 0.3) is 0 Å². The second-order valence-corrected chi connectivity index (χ2v) is 4.46. The van der Waals surface area contributed by atoms with E-state index in [0.717, 1.165) is 17.9 Å². The van der Waals surface area contributed by atoms with Crippen LogP contribution in [-0.4, -0.2) is 31.6 Å². The van der Waals surface area contributed by atoms with E-state index in [0.29, 0.717) is 6.54 Å². The predicted octanol–water partition coefficient (Wildman–Crippen LogP) is 2.06. The van der Waals surface area contributed by atoms with Gasteiger partial charge >= 0.3 is 5.97 Å². The number of rotatable bonds is 6. The van der Waals surface area contributed by atoms with E-state index in [1.165, 1.54) is 19.2 Å². The summed E-state index contributed by atoms with van der Waals surface area (Å²) in [4.78, 5) is 11.2. The summed E-state index contributed by atoms with van der Waals surface area (Å²) < 4.78 is 18.0. The maximum Gasteiger partial charge on any atom is 0.340 e. The number of hydrogen-bond donors (Lipinski definition) is 1. The summed E-state index contributed by atoms with van der Waals surface area (Å²) in [5.74, 6) is -0.173. The molecule has 1 N–H and O–H groups in total. The second-order valence-electron chi connectivity index (χ2n) is 3.48. The van der Waals surface area contributed by atoms with Crippen molar-refractivity contribution in [1.82, 2.24) is 5.32 Å². The number of methoxy groups -OCH3 is 1. The quantitative estimate of drug-likeness (QED) is 0.625. The SMILES string of the molecule is COC(=O)c1ccc(CNCCSC)cc1F. The van der Waals surface area contributed by atoms with Gasteiger partial charge in [-0.3, -0.25) is 0 Å². The Bertz CT molecular complexity index is 385. The zero-order chi connectivity index (χ0) is 12.7. The fraction of sp³-hybridized carbons (Fsp3) is 0.417. The highest BCUT2D eigenvalue weighted by Gasteiger charge is 2.11. The van der Waals surface area contributed by atoms with Gasteiger partial charge in [0, 0.05) is 18.8 Å². The first-order valence-electron chi connectivity index (χ1n) is 5.25. The van der Waals surface area contributed by atoms with E-state index in [1.807, 2.05) is 6.26 Å². The number of thioether (sulfide) groups is 1. The lowest BCUT2D eigenvalue weighted by molar-refractivity contribution is 0.0595. The third-order valence-electron chi connectivity index (χ3n) is 2.25. The number of carbonyl (C=O) groups excluding carboxylic acids is 1. The molecule has 0 amide bonds. The maximum absolute atomic E-state index is 13.5. The molecule has 1 aromatic rings. The van der Waals surface area contributed by atoms with Crippen LogP contribution in [0.3, 0.4) is 0 Å². The second kappa shape index (κ2) is 7.29. The topological polar surface area (TPSA) is 38.3 Å². The van der Waals surface area contributed by atoms with Gasteiger partial charge in [-0.1, -0.05) is 6.07 Å². The van der Waals surface area contributed by atoms with Crippen molar-refractivity contribution in [2.75, 3.05) is 25.7 Å². The van der Waals surface area contributed by atoms with Crippen molar-refractivity contribution in [2.24, 2.45) is 0 Å². The molecule has 0 aliphatic heterocycles. The normalized spacial score (nSPS) is 10.3. The zero-order valence-electron chi connectivity index (χ0n) is 9.96. The molecule has 0 aliphatic rings. The first-order chi connectivity index (χ1) is 8.19. The summed E-state index contributed by atoms with van der Waals surface area (Å²) in [6.45, 7) is 1.47. The molecule has 0 fully saturated rings. The fourth-order valence-corrected chi connectivity index (χ4v) is 1.70. The van der Waals surface area contributed by atoms with Crippen LogP contribution in [0.2, 0.25) is 0 Å². The molecule has 0 aliphatic carbocycles. The minimum Gasteiger partial charge on any atom is -0.465 e. The van der Waals surface area contributed by atoms with Crippen LogP contribution in [0.5, 0.6) is 0 Å². The lowest BCUT2D eigenvalue weighted by Gasteiger charge is -2.06. The minimum atomic E-state index is -0.649. The summed E-state index contributed by atoms with van der Waals surface area (Å²) in [5, 5.41) is 3.19. The largest absolute Gasteiger partial charge is 0.465 e. The highest BCUT2D eigenvalue weighted by molar-refractivity contribution is 7.98. The number of nitrogens with one attached hydrogen (secondary N) is 1. The van der Waals surface area contributed by atoms with Crippen molar-refractivity contribution in [1.29, 1.82) is 0 Å². The Morgan fingerprint density at radius 3 is 2.88 bits per heavy atom. The van der Waals surface area contributed by atoms with Crippen molar-refractivity contribution in [3.05, 3.63) is 35.1 Å². The molecule has 0 saturated heterocycles. The maximum atomic E-state index is 13.5. The van der Waals surface area contributed by atoms with E-state index in [1.54, 1.807) is 17.8 Å². The molecule has 0 radical (unpaired) electrons. The predicted molar refractivity (Wildman–Crippen MR) is 67.8 cm³/mol. The van der Waals surface area contributed by atoms with E-state index in [2.05, 4.69) is 10.1 Å². The van der Waals surface area contributed by atoms with Gasteiger partial charge in [0.2, 0.25) is 0 Å². The number of carbonyl (C=O) groups is 1. The van der Waals surface area contributed by atoms with Crippen LogP contribution < -0.4 is 5.32 Å². The summed E-state index contributed by atoms with van der Waals surface area (Å²) in [6.07, 6.45) is 2.03. The Hall–Kier alpha value is -1.07. The molecule has 5 heteroatoms. The van der Waals surface area contributed by atoms with Crippen molar-refractivity contribution in [3.8, 4) is 0 Å². The Morgan fingerprint density at radius 2 is 2.29 bits per heavy atom. The summed E-state index contributed by atoms with van der Waals surface area (Å²) in [7, 11) is 1.24. The number of ether oxygens (including phenoxy) is 1. The molecule has 0 aromatic heterocycles. The molecule has 0 spiro atoms. The Morgan fingerprint density at radius 1 is 1.53 bits per heavy atom. The highest BCUT2D eigenvalue weighted by Crippen LogP contribution is 2.11. The molecule has 0 atom stereocenters. The van der Waals surface area contributed by atoms with Gasteiger partial charge in [-0.15, -0.1) is 0 Å². The number of esters is 1. The van der Waals surface area contributed by atoms with Gasteiger partial charge in [-0.05, 0) is 24.0 Å². The van der Waals surface area contributed by atoms with Crippen LogP contribution in [0.4, 0.5) is 4.39 Å². The molecule has 0 heterocycles. The van der Waals surface area contributed by atoms with E-state index in [9.17, 15) is 9.18 Å². The van der Waals surface area contributed by atoms with Crippen LogP contribution in [0.1, 0.15) is 15.9 Å². The van der Waals surface area contributed by atoms with Gasteiger partial charge in [0.05, 0.1) is 12.7 Å². The van der Waals surface area contributed by atoms with E-state index >= 15 is 0 Å². The molecule has 1 aromatic carbocycles. The number of halogens is 1. The summed E-state index contributed by atoms with van der Waals surface area (Å²) in [6, 6.07) is 4.53. The molecule has 0 bridgehead atoms. The van der Waals surface area contributed by atoms with Crippen LogP contribution in [0.15, 0.2) is 18.2 Å². The standard InChI is InChI=1S/C12H16FNO2S/c1-16-12(15)10-4-3-9(7-11(10)13)8-14-5-6-17-2/h3-4,7,14H,5-6,8H2,1-2H3. The average molecular weight is 257 g/mol. The third kappa shape index (κ3) is 4.36. The molecule has 0 unspecified atom stereocenters. The monoisotopic (exact) mass is 257 g/mol. The zero-order valence-corrected chi connectivity index (χ0v) is 10.8. The van der Waals surface area contributed by atoms with Crippen LogP contribution in [0, 0.1) is 5.82 Å². The molecular weight excluding hydrogens is 241 g/mol. The molecule has 17 heavy (non-hydrogen) atoms. The van der Waals surface area contributed by atoms with Crippen LogP contribution >= 0.6 is 11.8 Å². The Kier molecular flexibility index (Phi) is 6.00. The Labute approximate surface area is 105 Å². The molecular formula is C12H16FNO2S. The van der Waals surface area contributed by atoms with Gasteiger partial charge < -0.3 is 10.1 Å². The van der Waals surface area contributed by atoms with E-state index in [-0.39, 0.29) is 5.56 Å². The molecule has 3 nitrogen and oxygen atoms in total. The summed E-state index contributed by atoms with van der Waals surface area (Å²) >= 11 is 1.75. The smallest absolute Gasteiger partial charge is 0.340 e. The molecule has 0 saturated carbocycles. The minimum absolute atomic E-state index is 0.0274. The first-order valence-corrected chi connectivity index (χ1v) is 6.64. The van der Waals surface area contributed by atoms with Crippen molar-refractivity contribution >= 4 is 17.7 Å². The van der Waals surface area contributed by atoms with Gasteiger partial charge in [-0.25, -0.2) is 9.18 Å². The molecule has 1 rings (SSSR count). The molecule has 94 valence electrons. The lowest BCUT2D eigenvalue weighted by Crippen LogP contribution is -2.16. The van der Waals surface area contributed by atoms with Gasteiger partial charge in [-0.2, -0.15) is 11.8 Å².